The van der Waals surface area contributed by atoms with E-state index in [1.54, 1.807) is 44.2 Å². The maximum absolute atomic E-state index is 13.0. The fourth-order valence-corrected chi connectivity index (χ4v) is 2.65. The number of benzene rings is 2. The molecular formula is C22H21FN4O5. The molecule has 0 saturated heterocycles. The summed E-state index contributed by atoms with van der Waals surface area (Å²) in [4.78, 5) is 48.4. The maximum atomic E-state index is 13.0. The summed E-state index contributed by atoms with van der Waals surface area (Å²) in [6.45, 7) is 3.14. The van der Waals surface area contributed by atoms with Crippen LogP contribution in [0.3, 0.4) is 0 Å². The molecule has 1 heterocycles. The zero-order valence-corrected chi connectivity index (χ0v) is 17.3. The summed E-state index contributed by atoms with van der Waals surface area (Å²) in [6, 6.07) is 13.7. The second-order valence-electron chi connectivity index (χ2n) is 7.40. The van der Waals surface area contributed by atoms with E-state index in [2.05, 4.69) is 20.8 Å². The van der Waals surface area contributed by atoms with Gasteiger partial charge in [0.25, 0.3) is 11.5 Å². The van der Waals surface area contributed by atoms with Gasteiger partial charge in [-0.15, -0.1) is 5.48 Å². The van der Waals surface area contributed by atoms with E-state index in [0.717, 1.165) is 0 Å². The lowest BCUT2D eigenvalue weighted by molar-refractivity contribution is -0.00137. The first-order chi connectivity index (χ1) is 15.2. The number of nitrogens with zero attached hydrogens (tertiary/aromatic N) is 1. The van der Waals surface area contributed by atoms with Gasteiger partial charge in [0.2, 0.25) is 5.75 Å². The monoisotopic (exact) mass is 440 g/mol. The van der Waals surface area contributed by atoms with Gasteiger partial charge >= 0.3 is 5.97 Å². The Bertz CT molecular complexity index is 1180. The molecule has 0 aliphatic rings. The molecule has 9 nitrogen and oxygen atoms in total. The first kappa shape index (κ1) is 22.6. The Morgan fingerprint density at radius 1 is 1.12 bits per heavy atom. The van der Waals surface area contributed by atoms with Crippen LogP contribution in [-0.2, 0) is 16.9 Å². The summed E-state index contributed by atoms with van der Waals surface area (Å²) in [7, 11) is 0. The van der Waals surface area contributed by atoms with Crippen LogP contribution in [-0.4, -0.2) is 27.0 Å². The number of amides is 1. The average Bonchev–Trinajstić information content (AvgIpc) is 2.79. The van der Waals surface area contributed by atoms with Crippen LogP contribution in [0.2, 0.25) is 0 Å². The van der Waals surface area contributed by atoms with E-state index in [0.29, 0.717) is 11.1 Å². The summed E-state index contributed by atoms with van der Waals surface area (Å²) in [5, 5.41) is 12.5. The molecular weight excluding hydrogens is 419 g/mol. The SMILES string of the molecule is CC(C)(NOC(=O)c1ccccc1)c1nc(C(=O)NCc2ccc(F)cc2)c(O)c(=O)[nH]1. The Labute approximate surface area is 182 Å². The Morgan fingerprint density at radius 3 is 2.44 bits per heavy atom. The number of hydroxylamine groups is 1. The van der Waals surface area contributed by atoms with E-state index in [1.807, 2.05) is 0 Å². The van der Waals surface area contributed by atoms with Crippen LogP contribution >= 0.6 is 0 Å². The molecule has 0 radical (unpaired) electrons. The highest BCUT2D eigenvalue weighted by Gasteiger charge is 2.29. The molecule has 166 valence electrons. The summed E-state index contributed by atoms with van der Waals surface area (Å²) < 4.78 is 13.0. The normalized spacial score (nSPS) is 11.1. The van der Waals surface area contributed by atoms with Crippen LogP contribution in [0.15, 0.2) is 59.4 Å². The molecule has 0 atom stereocenters. The Kier molecular flexibility index (Phi) is 6.64. The van der Waals surface area contributed by atoms with Gasteiger partial charge in [0.1, 0.15) is 17.2 Å². The van der Waals surface area contributed by atoms with Crippen molar-refractivity contribution in [1.29, 1.82) is 0 Å². The van der Waals surface area contributed by atoms with Gasteiger partial charge in [0.05, 0.1) is 5.56 Å². The fraction of sp³-hybridized carbons (Fsp3) is 0.182. The van der Waals surface area contributed by atoms with Gasteiger partial charge in [-0.3, -0.25) is 9.59 Å². The molecule has 4 N–H and O–H groups in total. The molecule has 0 unspecified atom stereocenters. The zero-order valence-electron chi connectivity index (χ0n) is 17.3. The Morgan fingerprint density at radius 2 is 1.78 bits per heavy atom. The summed E-state index contributed by atoms with van der Waals surface area (Å²) >= 11 is 0. The molecule has 0 fully saturated rings. The van der Waals surface area contributed by atoms with Gasteiger partial charge < -0.3 is 20.2 Å². The van der Waals surface area contributed by atoms with Crippen LogP contribution < -0.4 is 16.4 Å². The van der Waals surface area contributed by atoms with Gasteiger partial charge in [-0.05, 0) is 43.7 Å². The number of nitrogens with one attached hydrogen (secondary N) is 3. The second kappa shape index (κ2) is 9.40. The second-order valence-corrected chi connectivity index (χ2v) is 7.40. The number of rotatable bonds is 7. The molecule has 1 aromatic heterocycles. The molecule has 0 aliphatic carbocycles. The highest BCUT2D eigenvalue weighted by atomic mass is 19.1. The van der Waals surface area contributed by atoms with E-state index < -0.39 is 40.2 Å². The van der Waals surface area contributed by atoms with E-state index in [9.17, 15) is 23.9 Å². The predicted octanol–water partition coefficient (Wildman–Crippen LogP) is 2.14. The molecule has 10 heteroatoms. The number of aromatic hydroxyl groups is 1. The number of carbonyl (C=O) groups excluding carboxylic acids is 2. The number of hydrogen-bond donors (Lipinski definition) is 4. The molecule has 32 heavy (non-hydrogen) atoms. The molecule has 0 spiro atoms. The van der Waals surface area contributed by atoms with Crippen LogP contribution in [0.1, 0.15) is 46.1 Å². The minimum absolute atomic E-state index is 0.0265. The van der Waals surface area contributed by atoms with E-state index in [1.165, 1.54) is 24.3 Å². The van der Waals surface area contributed by atoms with Crippen molar-refractivity contribution < 1.29 is 23.9 Å². The lowest BCUT2D eigenvalue weighted by Crippen LogP contribution is -2.41. The summed E-state index contributed by atoms with van der Waals surface area (Å²) in [5.74, 6) is -2.79. The predicted molar refractivity (Wildman–Crippen MR) is 112 cm³/mol. The molecule has 2 aromatic carbocycles. The number of halogens is 1. The molecule has 3 aromatic rings. The number of H-pyrrole nitrogens is 1. The highest BCUT2D eigenvalue weighted by Crippen LogP contribution is 2.18. The Balaban J connectivity index is 1.75. The average molecular weight is 440 g/mol. The van der Waals surface area contributed by atoms with Crippen molar-refractivity contribution in [2.24, 2.45) is 0 Å². The minimum atomic E-state index is -1.22. The molecule has 3 rings (SSSR count). The van der Waals surface area contributed by atoms with Crippen molar-refractivity contribution >= 4 is 11.9 Å². The van der Waals surface area contributed by atoms with Crippen LogP contribution in [0.4, 0.5) is 4.39 Å². The highest BCUT2D eigenvalue weighted by molar-refractivity contribution is 5.94. The molecule has 0 aliphatic heterocycles. The third kappa shape index (κ3) is 5.35. The largest absolute Gasteiger partial charge is 0.501 e. The van der Waals surface area contributed by atoms with Gasteiger partial charge in [0.15, 0.2) is 5.69 Å². The molecule has 0 bridgehead atoms. The van der Waals surface area contributed by atoms with Crippen molar-refractivity contribution in [2.45, 2.75) is 25.9 Å². The lowest BCUT2D eigenvalue weighted by atomic mass is 10.1. The Hall–Kier alpha value is -4.05. The van der Waals surface area contributed by atoms with Crippen molar-refractivity contribution in [3.8, 4) is 5.75 Å². The summed E-state index contributed by atoms with van der Waals surface area (Å²) in [5.41, 5.74) is 0.776. The van der Waals surface area contributed by atoms with Crippen LogP contribution in [0, 0.1) is 5.82 Å². The standard InChI is InChI=1S/C22H21FN4O5/c1-22(2,27-32-20(31)14-6-4-3-5-7-14)21-25-16(17(28)19(30)26-21)18(29)24-12-13-8-10-15(23)11-9-13/h3-11,27-28H,12H2,1-2H3,(H,24,29)(H,25,26,30). The van der Waals surface area contributed by atoms with Crippen molar-refractivity contribution in [3.05, 3.63) is 93.4 Å². The third-order valence-corrected chi connectivity index (χ3v) is 4.48. The number of carbonyl (C=O) groups is 2. The van der Waals surface area contributed by atoms with E-state index in [-0.39, 0.29) is 12.4 Å². The molecule has 0 saturated carbocycles. The number of aromatic nitrogens is 2. The van der Waals surface area contributed by atoms with Crippen LogP contribution in [0.25, 0.3) is 0 Å². The lowest BCUT2D eigenvalue weighted by Gasteiger charge is -2.24. The molecule has 1 amide bonds. The zero-order chi connectivity index (χ0) is 23.3. The fourth-order valence-electron chi connectivity index (χ4n) is 2.65. The van der Waals surface area contributed by atoms with Gasteiger partial charge in [-0.25, -0.2) is 14.2 Å². The smallest absolute Gasteiger partial charge is 0.356 e. The van der Waals surface area contributed by atoms with E-state index in [4.69, 9.17) is 4.84 Å². The van der Waals surface area contributed by atoms with Crippen LogP contribution in [0.5, 0.6) is 5.75 Å². The quantitative estimate of drug-likeness (QED) is 0.414. The number of aromatic amines is 1. The first-order valence-corrected chi connectivity index (χ1v) is 9.57. The maximum Gasteiger partial charge on any atom is 0.356 e. The summed E-state index contributed by atoms with van der Waals surface area (Å²) in [6.07, 6.45) is 0. The minimum Gasteiger partial charge on any atom is -0.501 e. The van der Waals surface area contributed by atoms with E-state index >= 15 is 0 Å². The topological polar surface area (TPSA) is 133 Å². The third-order valence-electron chi connectivity index (χ3n) is 4.48. The van der Waals surface area contributed by atoms with Gasteiger partial charge in [-0.2, -0.15) is 0 Å². The van der Waals surface area contributed by atoms with Gasteiger partial charge in [0, 0.05) is 6.54 Å². The number of hydrogen-bond acceptors (Lipinski definition) is 7. The van der Waals surface area contributed by atoms with Crippen molar-refractivity contribution in [2.75, 3.05) is 0 Å². The van der Waals surface area contributed by atoms with Crippen molar-refractivity contribution in [3.63, 3.8) is 0 Å². The first-order valence-electron chi connectivity index (χ1n) is 9.57. The van der Waals surface area contributed by atoms with Gasteiger partial charge in [-0.1, -0.05) is 30.3 Å². The van der Waals surface area contributed by atoms with Crippen molar-refractivity contribution in [1.82, 2.24) is 20.8 Å².